The molecule has 1 rings (SSSR count). The zero-order valence-electron chi connectivity index (χ0n) is 6.30. The van der Waals surface area contributed by atoms with Crippen molar-refractivity contribution >= 4 is 33.4 Å². The SMILES string of the molecule is CSc1ccc(CBr)cc1N. The van der Waals surface area contributed by atoms with Gasteiger partial charge in [0.15, 0.2) is 0 Å². The Balaban J connectivity index is 2.99. The molecule has 1 aromatic rings. The van der Waals surface area contributed by atoms with E-state index in [0.29, 0.717) is 0 Å². The van der Waals surface area contributed by atoms with E-state index in [1.165, 1.54) is 5.56 Å². The largest absolute Gasteiger partial charge is 0.398 e. The Hall–Kier alpha value is -0.150. The van der Waals surface area contributed by atoms with Crippen molar-refractivity contribution in [2.45, 2.75) is 10.2 Å². The van der Waals surface area contributed by atoms with Crippen LogP contribution in [0.4, 0.5) is 5.69 Å². The molecule has 3 heteroatoms. The number of thioether (sulfide) groups is 1. The molecule has 11 heavy (non-hydrogen) atoms. The molecule has 60 valence electrons. The second-order valence-corrected chi connectivity index (χ2v) is 3.62. The molecule has 0 radical (unpaired) electrons. The fourth-order valence-corrected chi connectivity index (χ4v) is 1.71. The van der Waals surface area contributed by atoms with E-state index < -0.39 is 0 Å². The molecule has 2 N–H and O–H groups in total. The van der Waals surface area contributed by atoms with Crippen LogP contribution in [0, 0.1) is 0 Å². The average Bonchev–Trinajstić information content (AvgIpc) is 2.04. The van der Waals surface area contributed by atoms with Crippen molar-refractivity contribution in [2.75, 3.05) is 12.0 Å². The summed E-state index contributed by atoms with van der Waals surface area (Å²) in [7, 11) is 0. The van der Waals surface area contributed by atoms with Gasteiger partial charge in [-0.1, -0.05) is 22.0 Å². The van der Waals surface area contributed by atoms with Crippen molar-refractivity contribution in [3.05, 3.63) is 23.8 Å². The van der Waals surface area contributed by atoms with Crippen LogP contribution in [-0.4, -0.2) is 6.26 Å². The van der Waals surface area contributed by atoms with Gasteiger partial charge in [0.25, 0.3) is 0 Å². The third-order valence-electron chi connectivity index (χ3n) is 1.45. The highest BCUT2D eigenvalue weighted by Crippen LogP contribution is 2.24. The third-order valence-corrected chi connectivity index (χ3v) is 2.91. The summed E-state index contributed by atoms with van der Waals surface area (Å²) in [5, 5.41) is 0.867. The van der Waals surface area contributed by atoms with Crippen LogP contribution in [0.1, 0.15) is 5.56 Å². The molecule has 0 aliphatic heterocycles. The molecule has 0 unspecified atom stereocenters. The second-order valence-electron chi connectivity index (χ2n) is 2.21. The molecule has 0 aromatic heterocycles. The van der Waals surface area contributed by atoms with E-state index in [1.54, 1.807) is 11.8 Å². The Morgan fingerprint density at radius 1 is 1.55 bits per heavy atom. The number of nitrogens with two attached hydrogens (primary N) is 1. The summed E-state index contributed by atoms with van der Waals surface area (Å²) >= 11 is 5.05. The van der Waals surface area contributed by atoms with E-state index >= 15 is 0 Å². The maximum Gasteiger partial charge on any atom is 0.0455 e. The molecular weight excluding hydrogens is 222 g/mol. The van der Waals surface area contributed by atoms with Crippen LogP contribution >= 0.6 is 27.7 Å². The molecule has 0 atom stereocenters. The molecule has 0 saturated carbocycles. The van der Waals surface area contributed by atoms with Crippen LogP contribution in [0.25, 0.3) is 0 Å². The fourth-order valence-electron chi connectivity index (χ4n) is 0.867. The molecule has 0 fully saturated rings. The molecule has 0 bridgehead atoms. The maximum atomic E-state index is 5.77. The van der Waals surface area contributed by atoms with Gasteiger partial charge in [0.2, 0.25) is 0 Å². The van der Waals surface area contributed by atoms with Gasteiger partial charge >= 0.3 is 0 Å². The smallest absolute Gasteiger partial charge is 0.0455 e. The van der Waals surface area contributed by atoms with Crippen molar-refractivity contribution < 1.29 is 0 Å². The van der Waals surface area contributed by atoms with Crippen LogP contribution < -0.4 is 5.73 Å². The summed E-state index contributed by atoms with van der Waals surface area (Å²) < 4.78 is 0. The van der Waals surface area contributed by atoms with Crippen molar-refractivity contribution in [1.29, 1.82) is 0 Å². The molecule has 0 aliphatic rings. The van der Waals surface area contributed by atoms with E-state index in [0.717, 1.165) is 15.9 Å². The van der Waals surface area contributed by atoms with E-state index in [2.05, 4.69) is 28.1 Å². The highest BCUT2D eigenvalue weighted by molar-refractivity contribution is 9.08. The molecule has 0 spiro atoms. The van der Waals surface area contributed by atoms with E-state index in [4.69, 9.17) is 5.73 Å². The first-order chi connectivity index (χ1) is 5.27. The number of hydrogen-bond acceptors (Lipinski definition) is 2. The minimum Gasteiger partial charge on any atom is -0.398 e. The first-order valence-corrected chi connectivity index (χ1v) is 5.61. The highest BCUT2D eigenvalue weighted by Gasteiger charge is 1.97. The summed E-state index contributed by atoms with van der Waals surface area (Å²) in [4.78, 5) is 1.15. The van der Waals surface area contributed by atoms with E-state index in [-0.39, 0.29) is 0 Å². The quantitative estimate of drug-likeness (QED) is 0.482. The van der Waals surface area contributed by atoms with Gasteiger partial charge in [0.05, 0.1) is 0 Å². The minimum atomic E-state index is 0.867. The Morgan fingerprint density at radius 2 is 2.27 bits per heavy atom. The molecule has 1 aromatic carbocycles. The van der Waals surface area contributed by atoms with Crippen molar-refractivity contribution in [3.8, 4) is 0 Å². The van der Waals surface area contributed by atoms with Crippen molar-refractivity contribution in [2.24, 2.45) is 0 Å². The number of benzene rings is 1. The van der Waals surface area contributed by atoms with Gasteiger partial charge in [-0.2, -0.15) is 0 Å². The maximum absolute atomic E-state index is 5.77. The normalized spacial score (nSPS) is 10.0. The average molecular weight is 232 g/mol. The standard InChI is InChI=1S/C8H10BrNS/c1-11-8-3-2-6(5-9)4-7(8)10/h2-4H,5,10H2,1H3. The van der Waals surface area contributed by atoms with Crippen molar-refractivity contribution in [1.82, 2.24) is 0 Å². The Morgan fingerprint density at radius 3 is 2.73 bits per heavy atom. The lowest BCUT2D eigenvalue weighted by Crippen LogP contribution is -1.89. The number of rotatable bonds is 2. The second kappa shape index (κ2) is 4.02. The summed E-state index contributed by atoms with van der Waals surface area (Å²) in [6, 6.07) is 6.13. The number of alkyl halides is 1. The van der Waals surface area contributed by atoms with Crippen LogP contribution in [0.2, 0.25) is 0 Å². The van der Waals surface area contributed by atoms with Gasteiger partial charge in [-0.05, 0) is 24.0 Å². The van der Waals surface area contributed by atoms with Gasteiger partial charge in [0.1, 0.15) is 0 Å². The molecular formula is C8H10BrNS. The van der Waals surface area contributed by atoms with Gasteiger partial charge in [-0.15, -0.1) is 11.8 Å². The van der Waals surface area contributed by atoms with Gasteiger partial charge in [0, 0.05) is 15.9 Å². The molecule has 0 saturated heterocycles. The number of halogens is 1. The molecule has 0 heterocycles. The molecule has 0 amide bonds. The monoisotopic (exact) mass is 231 g/mol. The number of anilines is 1. The minimum absolute atomic E-state index is 0.867. The topological polar surface area (TPSA) is 26.0 Å². The van der Waals surface area contributed by atoms with Gasteiger partial charge < -0.3 is 5.73 Å². The zero-order chi connectivity index (χ0) is 8.27. The van der Waals surface area contributed by atoms with Crippen LogP contribution in [0.15, 0.2) is 23.1 Å². The van der Waals surface area contributed by atoms with Crippen LogP contribution in [0.5, 0.6) is 0 Å². The van der Waals surface area contributed by atoms with E-state index in [9.17, 15) is 0 Å². The van der Waals surface area contributed by atoms with Gasteiger partial charge in [-0.25, -0.2) is 0 Å². The molecule has 1 nitrogen and oxygen atoms in total. The predicted octanol–water partition coefficient (Wildman–Crippen LogP) is 2.89. The first-order valence-electron chi connectivity index (χ1n) is 3.26. The Kier molecular flexibility index (Phi) is 3.27. The van der Waals surface area contributed by atoms with Crippen LogP contribution in [0.3, 0.4) is 0 Å². The zero-order valence-corrected chi connectivity index (χ0v) is 8.71. The number of nitrogen functional groups attached to an aromatic ring is 1. The summed E-state index contributed by atoms with van der Waals surface area (Å²) in [6.45, 7) is 0. The summed E-state index contributed by atoms with van der Waals surface area (Å²) in [5.74, 6) is 0. The number of hydrogen-bond donors (Lipinski definition) is 1. The molecule has 0 aliphatic carbocycles. The van der Waals surface area contributed by atoms with Crippen LogP contribution in [-0.2, 0) is 5.33 Å². The lowest BCUT2D eigenvalue weighted by molar-refractivity contribution is 1.37. The fraction of sp³-hybridized carbons (Fsp3) is 0.250. The van der Waals surface area contributed by atoms with E-state index in [1.807, 2.05) is 12.3 Å². The lowest BCUT2D eigenvalue weighted by atomic mass is 10.2. The third kappa shape index (κ3) is 2.14. The highest BCUT2D eigenvalue weighted by atomic mass is 79.9. The Bertz CT molecular complexity index is 250. The van der Waals surface area contributed by atoms with Gasteiger partial charge in [-0.3, -0.25) is 0 Å². The lowest BCUT2D eigenvalue weighted by Gasteiger charge is -2.02. The summed E-state index contributed by atoms with van der Waals surface area (Å²) in [5.41, 5.74) is 7.86. The predicted molar refractivity (Wildman–Crippen MR) is 55.3 cm³/mol. The first kappa shape index (κ1) is 8.94. The summed E-state index contributed by atoms with van der Waals surface area (Å²) in [6.07, 6.45) is 2.03. The Labute approximate surface area is 79.5 Å². The van der Waals surface area contributed by atoms with Crippen molar-refractivity contribution in [3.63, 3.8) is 0 Å².